The van der Waals surface area contributed by atoms with Crippen molar-refractivity contribution in [1.29, 1.82) is 0 Å². The Kier molecular flexibility index (Phi) is 3.15. The summed E-state index contributed by atoms with van der Waals surface area (Å²) in [7, 11) is 0. The van der Waals surface area contributed by atoms with Crippen LogP contribution in [0.1, 0.15) is 24.4 Å². The molecule has 0 aliphatic heterocycles. The van der Waals surface area contributed by atoms with Gasteiger partial charge in [-0.15, -0.1) is 0 Å². The van der Waals surface area contributed by atoms with Crippen LogP contribution in [-0.2, 0) is 5.41 Å². The third-order valence-corrected chi connectivity index (χ3v) is 4.41. The smallest absolute Gasteiger partial charge is 0.136 e. The van der Waals surface area contributed by atoms with E-state index in [9.17, 15) is 0 Å². The van der Waals surface area contributed by atoms with Crippen molar-refractivity contribution in [3.8, 4) is 11.3 Å². The van der Waals surface area contributed by atoms with Crippen molar-refractivity contribution in [2.75, 3.05) is 6.54 Å². The summed E-state index contributed by atoms with van der Waals surface area (Å²) in [6.45, 7) is 2.64. The van der Waals surface area contributed by atoms with Gasteiger partial charge < -0.3 is 5.73 Å². The molecule has 1 aromatic heterocycles. The number of aryl methyl sites for hydroxylation is 1. The summed E-state index contributed by atoms with van der Waals surface area (Å²) in [5.41, 5.74) is 8.97. The molecule has 4 heteroatoms. The van der Waals surface area contributed by atoms with E-state index in [0.717, 1.165) is 40.1 Å². The van der Waals surface area contributed by atoms with Crippen molar-refractivity contribution in [1.82, 2.24) is 9.97 Å². The van der Waals surface area contributed by atoms with Crippen LogP contribution in [-0.4, -0.2) is 16.5 Å². The third kappa shape index (κ3) is 2.30. The Bertz CT molecular complexity index is 621. The van der Waals surface area contributed by atoms with Crippen LogP contribution in [0, 0.1) is 6.92 Å². The largest absolute Gasteiger partial charge is 0.329 e. The first-order valence-corrected chi connectivity index (χ1v) is 7.25. The van der Waals surface area contributed by atoms with Crippen LogP contribution in [0.15, 0.2) is 34.8 Å². The molecule has 0 amide bonds. The van der Waals surface area contributed by atoms with Crippen molar-refractivity contribution in [2.24, 2.45) is 5.73 Å². The number of rotatable bonds is 3. The van der Waals surface area contributed by atoms with E-state index >= 15 is 0 Å². The zero-order valence-electron chi connectivity index (χ0n) is 10.9. The number of hydrogen-bond acceptors (Lipinski definition) is 3. The Morgan fingerprint density at radius 2 is 2.00 bits per heavy atom. The van der Waals surface area contributed by atoms with Crippen LogP contribution in [0.4, 0.5) is 0 Å². The lowest BCUT2D eigenvalue weighted by molar-refractivity contribution is 0.646. The standard InChI is InChI=1S/C15H16BrN3/c1-10-8-13(11-4-2-3-5-12(11)16)19-14(18-10)15(9-17)6-7-15/h2-5,8H,6-7,9,17H2,1H3. The number of benzene rings is 1. The Hall–Kier alpha value is -1.26. The van der Waals surface area contributed by atoms with E-state index in [0.29, 0.717) is 6.54 Å². The lowest BCUT2D eigenvalue weighted by Crippen LogP contribution is -2.23. The molecule has 19 heavy (non-hydrogen) atoms. The SMILES string of the molecule is Cc1cc(-c2ccccc2Br)nc(C2(CN)CC2)n1. The van der Waals surface area contributed by atoms with E-state index in [2.05, 4.69) is 27.0 Å². The molecule has 1 aromatic carbocycles. The highest BCUT2D eigenvalue weighted by Crippen LogP contribution is 2.46. The van der Waals surface area contributed by atoms with Gasteiger partial charge in [-0.3, -0.25) is 0 Å². The maximum Gasteiger partial charge on any atom is 0.136 e. The lowest BCUT2D eigenvalue weighted by atomic mass is 10.1. The molecule has 3 nitrogen and oxygen atoms in total. The molecule has 0 spiro atoms. The highest BCUT2D eigenvalue weighted by Gasteiger charge is 2.46. The first kappa shape index (κ1) is 12.8. The maximum absolute atomic E-state index is 5.88. The first-order valence-electron chi connectivity index (χ1n) is 6.46. The van der Waals surface area contributed by atoms with E-state index in [1.54, 1.807) is 0 Å². The summed E-state index contributed by atoms with van der Waals surface area (Å²) in [6, 6.07) is 10.1. The third-order valence-electron chi connectivity index (χ3n) is 3.72. The predicted octanol–water partition coefficient (Wildman–Crippen LogP) is 3.20. The van der Waals surface area contributed by atoms with E-state index in [1.807, 2.05) is 31.2 Å². The minimum atomic E-state index is 0.0298. The minimum absolute atomic E-state index is 0.0298. The summed E-state index contributed by atoms with van der Waals surface area (Å²) >= 11 is 3.58. The Morgan fingerprint density at radius 1 is 1.26 bits per heavy atom. The molecule has 2 aromatic rings. The molecule has 1 fully saturated rings. The van der Waals surface area contributed by atoms with Gasteiger partial charge in [-0.25, -0.2) is 9.97 Å². The van der Waals surface area contributed by atoms with Crippen LogP contribution in [0.3, 0.4) is 0 Å². The summed E-state index contributed by atoms with van der Waals surface area (Å²) < 4.78 is 1.05. The lowest BCUT2D eigenvalue weighted by Gasteiger charge is -2.13. The van der Waals surface area contributed by atoms with Gasteiger partial charge in [0.2, 0.25) is 0 Å². The molecular formula is C15H16BrN3. The van der Waals surface area contributed by atoms with Crippen molar-refractivity contribution < 1.29 is 0 Å². The van der Waals surface area contributed by atoms with Crippen molar-refractivity contribution in [2.45, 2.75) is 25.2 Å². The van der Waals surface area contributed by atoms with Crippen molar-refractivity contribution in [3.63, 3.8) is 0 Å². The van der Waals surface area contributed by atoms with Gasteiger partial charge in [-0.05, 0) is 31.9 Å². The molecule has 1 saturated carbocycles. The number of nitrogens with two attached hydrogens (primary N) is 1. The summed E-state index contributed by atoms with van der Waals surface area (Å²) in [4.78, 5) is 9.34. The average molecular weight is 318 g/mol. The molecule has 1 aliphatic carbocycles. The quantitative estimate of drug-likeness (QED) is 0.945. The fourth-order valence-corrected chi connectivity index (χ4v) is 2.77. The monoisotopic (exact) mass is 317 g/mol. The second kappa shape index (κ2) is 4.69. The molecular weight excluding hydrogens is 302 g/mol. The number of aromatic nitrogens is 2. The van der Waals surface area contributed by atoms with E-state index in [4.69, 9.17) is 10.7 Å². The average Bonchev–Trinajstić information content (AvgIpc) is 3.19. The molecule has 0 saturated heterocycles. The maximum atomic E-state index is 5.88. The summed E-state index contributed by atoms with van der Waals surface area (Å²) in [6.07, 6.45) is 2.20. The molecule has 0 atom stereocenters. The van der Waals surface area contributed by atoms with Gasteiger partial charge in [0.15, 0.2) is 0 Å². The molecule has 2 N–H and O–H groups in total. The van der Waals surface area contributed by atoms with Gasteiger partial charge in [-0.2, -0.15) is 0 Å². The Labute approximate surface area is 121 Å². The molecule has 3 rings (SSSR count). The van der Waals surface area contributed by atoms with Gasteiger partial charge >= 0.3 is 0 Å². The van der Waals surface area contributed by atoms with Gasteiger partial charge in [0.25, 0.3) is 0 Å². The molecule has 1 heterocycles. The number of halogens is 1. The van der Waals surface area contributed by atoms with E-state index < -0.39 is 0 Å². The first-order chi connectivity index (χ1) is 9.14. The van der Waals surface area contributed by atoms with Gasteiger partial charge in [0.1, 0.15) is 5.82 Å². The predicted molar refractivity (Wildman–Crippen MR) is 79.9 cm³/mol. The zero-order valence-corrected chi connectivity index (χ0v) is 12.4. The van der Waals surface area contributed by atoms with E-state index in [-0.39, 0.29) is 5.41 Å². The van der Waals surface area contributed by atoms with Crippen LogP contribution in [0.25, 0.3) is 11.3 Å². The Morgan fingerprint density at radius 3 is 2.63 bits per heavy atom. The molecule has 0 radical (unpaired) electrons. The van der Waals surface area contributed by atoms with Crippen LogP contribution in [0.5, 0.6) is 0 Å². The fraction of sp³-hybridized carbons (Fsp3) is 0.333. The van der Waals surface area contributed by atoms with E-state index in [1.165, 1.54) is 0 Å². The minimum Gasteiger partial charge on any atom is -0.329 e. The fourth-order valence-electron chi connectivity index (χ4n) is 2.28. The second-order valence-corrected chi connectivity index (χ2v) is 6.04. The van der Waals surface area contributed by atoms with Crippen LogP contribution in [0.2, 0.25) is 0 Å². The Balaban J connectivity index is 2.11. The van der Waals surface area contributed by atoms with Gasteiger partial charge in [0.05, 0.1) is 5.69 Å². The number of hydrogen-bond donors (Lipinski definition) is 1. The topological polar surface area (TPSA) is 51.8 Å². The van der Waals surface area contributed by atoms with Gasteiger partial charge in [0, 0.05) is 27.7 Å². The van der Waals surface area contributed by atoms with Crippen molar-refractivity contribution in [3.05, 3.63) is 46.3 Å². The molecule has 0 unspecified atom stereocenters. The van der Waals surface area contributed by atoms with Crippen LogP contribution < -0.4 is 5.73 Å². The summed E-state index contributed by atoms with van der Waals surface area (Å²) in [5.74, 6) is 0.903. The summed E-state index contributed by atoms with van der Waals surface area (Å²) in [5, 5.41) is 0. The number of nitrogens with zero attached hydrogens (tertiary/aromatic N) is 2. The molecule has 1 aliphatic rings. The zero-order chi connectivity index (χ0) is 13.5. The highest BCUT2D eigenvalue weighted by atomic mass is 79.9. The van der Waals surface area contributed by atoms with Gasteiger partial charge in [-0.1, -0.05) is 34.1 Å². The van der Waals surface area contributed by atoms with Crippen molar-refractivity contribution >= 4 is 15.9 Å². The highest BCUT2D eigenvalue weighted by molar-refractivity contribution is 9.10. The van der Waals surface area contributed by atoms with Crippen LogP contribution >= 0.6 is 15.9 Å². The normalized spacial score (nSPS) is 16.4. The molecule has 0 bridgehead atoms. The second-order valence-electron chi connectivity index (χ2n) is 5.18. The molecule has 98 valence electrons.